The Morgan fingerprint density at radius 2 is 0.705 bits per heavy atom. The van der Waals surface area contributed by atoms with Crippen LogP contribution in [0.4, 0.5) is 17.8 Å². The van der Waals surface area contributed by atoms with Crippen molar-refractivity contribution >= 4 is 167 Å². The zero-order chi connectivity index (χ0) is 107. The Morgan fingerprint density at radius 3 is 1.02 bits per heavy atom. The first-order chi connectivity index (χ1) is 71.6. The Kier molecular flexibility index (Phi) is 37.7. The number of allylic oxidation sites excluding steroid dienone is 3. The molecule has 0 spiro atoms. The topological polar surface area (TPSA) is 397 Å². The van der Waals surface area contributed by atoms with Crippen molar-refractivity contribution in [1.82, 2.24) is 82.8 Å². The van der Waals surface area contributed by atoms with E-state index in [1.54, 1.807) is 107 Å². The third-order valence-electron chi connectivity index (χ3n) is 28.3. The minimum Gasteiger partial charge on any atom is -0.495 e. The number of methoxy groups -OCH3 is 6. The van der Waals surface area contributed by atoms with Gasteiger partial charge in [0.05, 0.1) is 102 Å². The van der Waals surface area contributed by atoms with Crippen LogP contribution in [0.1, 0.15) is 72.6 Å². The molecule has 2 saturated carbocycles. The number of halogens is 6. The highest BCUT2D eigenvalue weighted by atomic mass is 35.5. The van der Waals surface area contributed by atoms with Crippen molar-refractivity contribution in [3.8, 4) is 91.6 Å². The molecule has 7 aliphatic rings. The van der Waals surface area contributed by atoms with E-state index in [2.05, 4.69) is 95.6 Å². The molecule has 43 heteroatoms. The minimum atomic E-state index is -0.377. The number of hydrogen-bond acceptors (Lipinski definition) is 29. The number of aryl methyl sites for hydroxylation is 2. The molecule has 8 unspecified atom stereocenters. The van der Waals surface area contributed by atoms with Crippen LogP contribution < -0.4 is 61.0 Å². The number of anilines is 3. The standard InChI is InChI=1S/C36H41Cl2N7O6.C35H41Cl2N7O6.C35H38Cl2N6O5/c1-6-9-30(48)43-14-12-42(13-15-43)10-8-11-45-34-23(17-26(35(45)49)31-32(37)28(50-4)18-29(51-5)33(31)38)19-39-36(41-34)40-27-21-44(22(3)46)20-24(27)16-25(47)7-2;1-6-24(46)15-23-19-43(21(3)45)20-26(23)39-35-38-18-22-16-25(30-31(36)27(49-4)17-28(50-5)32(30)37)34(48)44(33(22)40-35)10-8-9-41-11-13-42(14-12-41)29(47)7-2;1-5-7-28(45)42-11-8-41(9-12-42)10-13-43-33-22(17-25(34(43)46)29-30(36)26(47-3)18-27(48-4)31(29)37)19-38-35(40-33)39-32-21(15-23(44)6-2)14-20-16-24(20)32/h7,17-19,24,27H,2,8,10-16,20-21H2,1,3-5H3,(H,39,40,41);6-7,16-18,23,26H,1-2,8-15,19-20H2,3-5H3,(H,38,39,40);6,17-21,24,32H,2,8-16H2,1,3-4H3,(H,38,39,40). The van der Waals surface area contributed by atoms with Crippen LogP contribution in [0.3, 0.4) is 0 Å². The van der Waals surface area contributed by atoms with Crippen molar-refractivity contribution < 1.29 is 66.8 Å². The second kappa shape index (κ2) is 50.4. The van der Waals surface area contributed by atoms with Gasteiger partial charge in [0.1, 0.15) is 51.4 Å². The van der Waals surface area contributed by atoms with Crippen LogP contribution in [-0.2, 0) is 58.0 Å². The molecule has 0 bridgehead atoms. The third kappa shape index (κ3) is 25.6. The van der Waals surface area contributed by atoms with Crippen molar-refractivity contribution in [2.45, 2.75) is 110 Å². The summed E-state index contributed by atoms with van der Waals surface area (Å²) in [5, 5.41) is 12.9. The van der Waals surface area contributed by atoms with Gasteiger partial charge in [-0.25, -0.2) is 15.0 Å². The largest absolute Gasteiger partial charge is 0.495 e. The normalized spacial score (nSPS) is 19.0. The van der Waals surface area contributed by atoms with Gasteiger partial charge in [0.15, 0.2) is 17.3 Å². The first kappa shape index (κ1) is 111. The van der Waals surface area contributed by atoms with Gasteiger partial charge in [-0.15, -0.1) is 0 Å². The van der Waals surface area contributed by atoms with Crippen molar-refractivity contribution in [2.75, 3.05) is 183 Å². The molecule has 149 heavy (non-hydrogen) atoms. The highest BCUT2D eigenvalue weighted by Gasteiger charge is 2.54. The zero-order valence-electron chi connectivity index (χ0n) is 84.8. The van der Waals surface area contributed by atoms with Crippen LogP contribution in [0.5, 0.6) is 34.5 Å². The molecule has 7 fully saturated rings. The number of fused-ring (bicyclic) bond motifs is 4. The van der Waals surface area contributed by atoms with E-state index in [-0.39, 0.29) is 194 Å². The lowest BCUT2D eigenvalue weighted by Crippen LogP contribution is -2.49. The van der Waals surface area contributed by atoms with E-state index in [9.17, 15) is 52.7 Å². The van der Waals surface area contributed by atoms with Gasteiger partial charge in [0.2, 0.25) is 35.6 Å². The molecule has 0 radical (unpaired) electrons. The SMILES string of the molecule is C=CC(=O)CC1CC2CC2C1Nc1ncc2cc(-c3c(Cl)c(OC)cc(OC)c3Cl)c(=O)n(CCN3CCN(C(=O)C#CC)CC3)c2n1.C=CC(=O)CC1CN(C(C)=O)CC1Nc1ncc2cc(-c3c(Cl)c(OC)cc(OC)c3Cl)c(=O)n(CCCN3CCN(C(=O)C#CC)CC3)c2n1.C=CC(=O)CC1CN(C(C)=O)CC1Nc1ncc2cc(-c3c(Cl)c(OC)cc(OC)c3Cl)c(=O)n(CCCN3CCN(C(=O)C=C)CC3)c2n1. The predicted octanol–water partition coefficient (Wildman–Crippen LogP) is 12.2. The molecule has 11 heterocycles. The van der Waals surface area contributed by atoms with Crippen molar-refractivity contribution in [1.29, 1.82) is 0 Å². The fourth-order valence-corrected chi connectivity index (χ4v) is 22.3. The maximum Gasteiger partial charge on any atom is 0.298 e. The number of nitrogens with zero attached hydrogens (tertiary/aromatic N) is 17. The number of rotatable bonds is 36. The number of amides is 5. The summed E-state index contributed by atoms with van der Waals surface area (Å²) in [5.74, 6) is 13.3. The monoisotopic (exact) mass is 2150 g/mol. The molecule has 9 aromatic rings. The molecule has 2 aliphatic carbocycles. The van der Waals surface area contributed by atoms with Gasteiger partial charge in [-0.1, -0.05) is 108 Å². The lowest BCUT2D eigenvalue weighted by molar-refractivity contribution is -0.128. The number of carbonyl (C=O) groups is 8. The molecule has 788 valence electrons. The van der Waals surface area contributed by atoms with Crippen molar-refractivity contribution in [3.05, 3.63) is 167 Å². The zero-order valence-corrected chi connectivity index (χ0v) is 89.3. The predicted molar refractivity (Wildman–Crippen MR) is 575 cm³/mol. The summed E-state index contributed by atoms with van der Waals surface area (Å²) in [4.78, 5) is 185. The summed E-state index contributed by atoms with van der Waals surface area (Å²) < 4.78 is 37.6. The van der Waals surface area contributed by atoms with Crippen LogP contribution in [-0.4, -0.2) is 315 Å². The summed E-state index contributed by atoms with van der Waals surface area (Å²) in [6.07, 6.45) is 14.4. The Hall–Kier alpha value is -13.2. The van der Waals surface area contributed by atoms with E-state index in [1.165, 1.54) is 80.8 Å². The molecule has 5 aliphatic heterocycles. The van der Waals surface area contributed by atoms with Gasteiger partial charge in [-0.2, -0.15) is 15.0 Å². The first-order valence-corrected chi connectivity index (χ1v) is 51.2. The highest BCUT2D eigenvalue weighted by Crippen LogP contribution is 2.57. The molecule has 16 rings (SSSR count). The lowest BCUT2D eigenvalue weighted by Gasteiger charge is -2.34. The fourth-order valence-electron chi connectivity index (χ4n) is 20.2. The van der Waals surface area contributed by atoms with Crippen LogP contribution in [0, 0.1) is 53.3 Å². The van der Waals surface area contributed by atoms with Crippen molar-refractivity contribution in [3.63, 3.8) is 0 Å². The van der Waals surface area contributed by atoms with Crippen LogP contribution in [0.25, 0.3) is 66.5 Å². The summed E-state index contributed by atoms with van der Waals surface area (Å²) in [6, 6.07) is 9.16. The summed E-state index contributed by atoms with van der Waals surface area (Å²) in [6.45, 7) is 32.6. The molecule has 5 saturated heterocycles. The number of hydrogen-bond donors (Lipinski definition) is 3. The van der Waals surface area contributed by atoms with Gasteiger partial charge in [0, 0.05) is 252 Å². The van der Waals surface area contributed by atoms with Crippen LogP contribution >= 0.6 is 69.6 Å². The summed E-state index contributed by atoms with van der Waals surface area (Å²) >= 11 is 40.6. The Bertz CT molecular complexity index is 6950. The molecule has 3 N–H and O–H groups in total. The average Bonchev–Trinajstić information content (AvgIpc) is 0.841. The quantitative estimate of drug-likeness (QED) is 0.0242. The maximum absolute atomic E-state index is 14.5. The number of pyridine rings is 3. The number of piperazine rings is 3. The number of likely N-dealkylation sites (tertiary alicyclic amines) is 2. The van der Waals surface area contributed by atoms with E-state index >= 15 is 0 Å². The van der Waals surface area contributed by atoms with Crippen molar-refractivity contribution in [2.24, 2.45) is 29.6 Å². The van der Waals surface area contributed by atoms with E-state index in [0.717, 1.165) is 12.8 Å². The number of ether oxygens (including phenoxy) is 6. The van der Waals surface area contributed by atoms with E-state index in [1.807, 2.05) is 0 Å². The molecule has 5 amide bonds. The van der Waals surface area contributed by atoms with Gasteiger partial charge < -0.3 is 68.9 Å². The average molecular weight is 2160 g/mol. The number of ketones is 3. The molecule has 8 atom stereocenters. The fraction of sp³-hybridized carbons (Fsp3) is 0.443. The van der Waals surface area contributed by atoms with Gasteiger partial charge >= 0.3 is 0 Å². The van der Waals surface area contributed by atoms with E-state index in [4.69, 9.17) is 113 Å². The molecular formula is C106H120Cl6N20O17. The van der Waals surface area contributed by atoms with Crippen LogP contribution in [0.2, 0.25) is 30.1 Å². The molecular weight excluding hydrogens is 2040 g/mol. The number of aromatic nitrogens is 9. The number of carbonyl (C=O) groups excluding carboxylic acids is 8. The number of benzene rings is 3. The molecule has 6 aromatic heterocycles. The van der Waals surface area contributed by atoms with Gasteiger partial charge in [0.25, 0.3) is 28.5 Å². The van der Waals surface area contributed by atoms with Gasteiger partial charge in [-0.3, -0.25) is 81.1 Å². The second-order valence-electron chi connectivity index (χ2n) is 37.2. The van der Waals surface area contributed by atoms with E-state index in [0.29, 0.717) is 243 Å². The number of nitrogens with one attached hydrogen (secondary N) is 3. The molecule has 3 aromatic carbocycles. The summed E-state index contributed by atoms with van der Waals surface area (Å²) in [7, 11) is 8.81. The second-order valence-corrected chi connectivity index (χ2v) is 39.5. The Labute approximate surface area is 892 Å². The maximum atomic E-state index is 14.5. The smallest absolute Gasteiger partial charge is 0.298 e. The summed E-state index contributed by atoms with van der Waals surface area (Å²) in [5.41, 5.74) is 1.67. The van der Waals surface area contributed by atoms with Crippen LogP contribution in [0.15, 0.2) is 120 Å². The van der Waals surface area contributed by atoms with Gasteiger partial charge in [-0.05, 0) is 125 Å². The highest BCUT2D eigenvalue weighted by molar-refractivity contribution is 6.43. The lowest BCUT2D eigenvalue weighted by atomic mass is 9.92. The first-order valence-electron chi connectivity index (χ1n) is 49.0. The Balaban J connectivity index is 0.000000176. The van der Waals surface area contributed by atoms with E-state index < -0.39 is 0 Å². The molecule has 37 nitrogen and oxygen atoms in total. The Morgan fingerprint density at radius 1 is 0.389 bits per heavy atom. The third-order valence-corrected chi connectivity index (χ3v) is 30.6. The minimum absolute atomic E-state index is 0.0314.